The molecule has 7 heteroatoms. The number of amides is 1. The van der Waals surface area contributed by atoms with Crippen LogP contribution in [0.3, 0.4) is 0 Å². The summed E-state index contributed by atoms with van der Waals surface area (Å²) in [6, 6.07) is 1.82. The minimum absolute atomic E-state index is 0.157. The average Bonchev–Trinajstić information content (AvgIpc) is 2.47. The first-order valence-electron chi connectivity index (χ1n) is 6.82. The van der Waals surface area contributed by atoms with Crippen LogP contribution in [0.1, 0.15) is 19.2 Å². The quantitative estimate of drug-likeness (QED) is 0.820. The molecular weight excluding hydrogens is 324 g/mol. The molecule has 1 aromatic rings. The molecular formula is C13H19BrN4O2. The maximum absolute atomic E-state index is 12.0. The van der Waals surface area contributed by atoms with Gasteiger partial charge < -0.3 is 15.0 Å². The van der Waals surface area contributed by atoms with Crippen molar-refractivity contribution in [3.63, 3.8) is 0 Å². The number of nitrogens with zero attached hydrogens (tertiary/aromatic N) is 3. The molecule has 0 atom stereocenters. The second-order valence-corrected chi connectivity index (χ2v) is 5.33. The normalized spacial score (nSPS) is 15.2. The highest BCUT2D eigenvalue weighted by Crippen LogP contribution is 2.12. The number of carbonyl (C=O) groups is 1. The van der Waals surface area contributed by atoms with E-state index in [4.69, 9.17) is 4.74 Å². The number of carbonyl (C=O) groups excluding carboxylic acids is 1. The molecule has 110 valence electrons. The Balaban J connectivity index is 1.80. The lowest BCUT2D eigenvalue weighted by atomic mass is 10.3. The summed E-state index contributed by atoms with van der Waals surface area (Å²) in [5.41, 5.74) is 0. The molecule has 1 aromatic heterocycles. The van der Waals surface area contributed by atoms with E-state index in [1.165, 1.54) is 0 Å². The van der Waals surface area contributed by atoms with Crippen LogP contribution in [0.2, 0.25) is 0 Å². The number of halogens is 1. The van der Waals surface area contributed by atoms with Crippen LogP contribution in [-0.4, -0.2) is 53.6 Å². The summed E-state index contributed by atoms with van der Waals surface area (Å²) in [6.07, 6.45) is 1.24. The summed E-state index contributed by atoms with van der Waals surface area (Å²) in [7, 11) is 0. The lowest BCUT2D eigenvalue weighted by Gasteiger charge is -2.26. The Morgan fingerprint density at radius 2 is 2.20 bits per heavy atom. The van der Waals surface area contributed by atoms with Gasteiger partial charge in [0, 0.05) is 38.5 Å². The lowest BCUT2D eigenvalue weighted by molar-refractivity contribution is -0.134. The summed E-state index contributed by atoms with van der Waals surface area (Å²) in [6.45, 7) is 5.24. The Kier molecular flexibility index (Phi) is 5.72. The third-order valence-corrected chi connectivity index (χ3v) is 3.47. The van der Waals surface area contributed by atoms with Gasteiger partial charge in [-0.05, 0) is 15.9 Å². The van der Waals surface area contributed by atoms with Crippen molar-refractivity contribution in [2.45, 2.75) is 19.8 Å². The number of rotatable bonds is 5. The van der Waals surface area contributed by atoms with Gasteiger partial charge in [-0.25, -0.2) is 9.97 Å². The van der Waals surface area contributed by atoms with Crippen LogP contribution in [0.15, 0.2) is 10.7 Å². The molecule has 0 bridgehead atoms. The number of nitrogens with one attached hydrogen (secondary N) is 1. The summed E-state index contributed by atoms with van der Waals surface area (Å²) < 4.78 is 5.99. The summed E-state index contributed by atoms with van der Waals surface area (Å²) >= 11 is 3.36. The molecule has 0 aromatic carbocycles. The second-order valence-electron chi connectivity index (χ2n) is 4.52. The van der Waals surface area contributed by atoms with E-state index in [9.17, 15) is 4.79 Å². The predicted octanol–water partition coefficient (Wildman–Crippen LogP) is 1.46. The van der Waals surface area contributed by atoms with Gasteiger partial charge in [0.2, 0.25) is 5.91 Å². The molecule has 0 saturated carbocycles. The maximum atomic E-state index is 12.0. The Hall–Kier alpha value is -1.21. The Bertz CT molecular complexity index is 464. The van der Waals surface area contributed by atoms with Crippen LogP contribution in [0.5, 0.6) is 0 Å². The zero-order valence-electron chi connectivity index (χ0n) is 11.6. The van der Waals surface area contributed by atoms with Crippen LogP contribution in [-0.2, 0) is 16.0 Å². The highest BCUT2D eigenvalue weighted by molar-refractivity contribution is 9.10. The molecule has 1 saturated heterocycles. The van der Waals surface area contributed by atoms with Gasteiger partial charge in [-0.2, -0.15) is 0 Å². The van der Waals surface area contributed by atoms with Gasteiger partial charge in [0.25, 0.3) is 0 Å². The summed E-state index contributed by atoms with van der Waals surface area (Å²) in [4.78, 5) is 22.4. The maximum Gasteiger partial charge on any atom is 0.224 e. The van der Waals surface area contributed by atoms with E-state index in [2.05, 4.69) is 31.2 Å². The van der Waals surface area contributed by atoms with Crippen LogP contribution in [0, 0.1) is 0 Å². The topological polar surface area (TPSA) is 67.4 Å². The monoisotopic (exact) mass is 342 g/mol. The minimum atomic E-state index is 0.157. The van der Waals surface area contributed by atoms with E-state index in [0.29, 0.717) is 39.3 Å². The predicted molar refractivity (Wildman–Crippen MR) is 79.6 cm³/mol. The molecule has 1 N–H and O–H groups in total. The van der Waals surface area contributed by atoms with E-state index in [1.54, 1.807) is 0 Å². The average molecular weight is 343 g/mol. The zero-order chi connectivity index (χ0) is 14.4. The standard InChI is InChI=1S/C13H19BrN4O2/c1-2-11-16-10(14)9-12(17-11)15-4-3-13(19)18-5-7-20-8-6-18/h9H,2-8H2,1H3,(H,15,16,17). The molecule has 6 nitrogen and oxygen atoms in total. The van der Waals surface area contributed by atoms with Crippen molar-refractivity contribution in [1.82, 2.24) is 14.9 Å². The second kappa shape index (κ2) is 7.54. The first kappa shape index (κ1) is 15.2. The van der Waals surface area contributed by atoms with Gasteiger partial charge in [0.1, 0.15) is 16.2 Å². The molecule has 1 aliphatic rings. The van der Waals surface area contributed by atoms with Gasteiger partial charge in [-0.15, -0.1) is 0 Å². The van der Waals surface area contributed by atoms with Crippen LogP contribution in [0.4, 0.5) is 5.82 Å². The van der Waals surface area contributed by atoms with Crippen molar-refractivity contribution < 1.29 is 9.53 Å². The summed E-state index contributed by atoms with van der Waals surface area (Å²) in [5.74, 6) is 1.68. The molecule has 0 spiro atoms. The summed E-state index contributed by atoms with van der Waals surface area (Å²) in [5, 5.41) is 3.17. The fourth-order valence-corrected chi connectivity index (χ4v) is 2.40. The van der Waals surface area contributed by atoms with E-state index in [0.717, 1.165) is 22.7 Å². The Labute approximate surface area is 127 Å². The molecule has 1 amide bonds. The molecule has 0 radical (unpaired) electrons. The highest BCUT2D eigenvalue weighted by atomic mass is 79.9. The van der Waals surface area contributed by atoms with Gasteiger partial charge in [0.15, 0.2) is 0 Å². The van der Waals surface area contributed by atoms with Crippen LogP contribution in [0.25, 0.3) is 0 Å². The van der Waals surface area contributed by atoms with E-state index in [-0.39, 0.29) is 5.91 Å². The van der Waals surface area contributed by atoms with E-state index < -0.39 is 0 Å². The van der Waals surface area contributed by atoms with Gasteiger partial charge in [-0.1, -0.05) is 6.92 Å². The van der Waals surface area contributed by atoms with Crippen LogP contribution < -0.4 is 5.32 Å². The lowest BCUT2D eigenvalue weighted by Crippen LogP contribution is -2.41. The van der Waals surface area contributed by atoms with Crippen molar-refractivity contribution in [2.75, 3.05) is 38.2 Å². The fourth-order valence-electron chi connectivity index (χ4n) is 1.98. The van der Waals surface area contributed by atoms with Gasteiger partial charge >= 0.3 is 0 Å². The van der Waals surface area contributed by atoms with E-state index in [1.807, 2.05) is 17.9 Å². The van der Waals surface area contributed by atoms with Gasteiger partial charge in [-0.3, -0.25) is 4.79 Å². The Morgan fingerprint density at radius 1 is 1.45 bits per heavy atom. The smallest absolute Gasteiger partial charge is 0.224 e. The van der Waals surface area contributed by atoms with E-state index >= 15 is 0 Å². The number of hydrogen-bond acceptors (Lipinski definition) is 5. The zero-order valence-corrected chi connectivity index (χ0v) is 13.1. The first-order valence-corrected chi connectivity index (χ1v) is 7.61. The first-order chi connectivity index (χ1) is 9.69. The number of ether oxygens (including phenoxy) is 1. The van der Waals surface area contributed by atoms with Crippen molar-refractivity contribution in [1.29, 1.82) is 0 Å². The van der Waals surface area contributed by atoms with Gasteiger partial charge in [0.05, 0.1) is 13.2 Å². The highest BCUT2D eigenvalue weighted by Gasteiger charge is 2.16. The van der Waals surface area contributed by atoms with Crippen LogP contribution >= 0.6 is 15.9 Å². The number of morpholine rings is 1. The molecule has 2 rings (SSSR count). The number of hydrogen-bond donors (Lipinski definition) is 1. The third kappa shape index (κ3) is 4.42. The van der Waals surface area contributed by atoms with Crippen molar-refractivity contribution >= 4 is 27.7 Å². The number of anilines is 1. The number of aromatic nitrogens is 2. The molecule has 2 heterocycles. The van der Waals surface area contributed by atoms with Crippen molar-refractivity contribution in [3.8, 4) is 0 Å². The minimum Gasteiger partial charge on any atom is -0.378 e. The van der Waals surface area contributed by atoms with Crippen molar-refractivity contribution in [2.24, 2.45) is 0 Å². The molecule has 0 aliphatic carbocycles. The Morgan fingerprint density at radius 3 is 2.90 bits per heavy atom. The largest absolute Gasteiger partial charge is 0.378 e. The molecule has 1 fully saturated rings. The molecule has 20 heavy (non-hydrogen) atoms. The molecule has 0 unspecified atom stereocenters. The third-order valence-electron chi connectivity index (χ3n) is 3.07. The number of aryl methyl sites for hydroxylation is 1. The SMILES string of the molecule is CCc1nc(Br)cc(NCCC(=O)N2CCOCC2)n1. The molecule has 1 aliphatic heterocycles. The van der Waals surface area contributed by atoms with Crippen molar-refractivity contribution in [3.05, 3.63) is 16.5 Å². The fraction of sp³-hybridized carbons (Fsp3) is 0.615.